The number of thiophene rings is 2. The van der Waals surface area contributed by atoms with Gasteiger partial charge in [0.25, 0.3) is 0 Å². The molecule has 0 aliphatic carbocycles. The third-order valence-electron chi connectivity index (χ3n) is 2.89. The first-order chi connectivity index (χ1) is 7.77. The standard InChI is InChI=1S/C13H17NS2/c1-10(12-3-5-15-8-12)7-14-11(2)13-4-6-16-9-13/h3-6,8-11,14H,7H2,1-2H3/t10-,11+/m1/s1. The Balaban J connectivity index is 1.84. The minimum atomic E-state index is 0.451. The molecule has 0 bridgehead atoms. The summed E-state index contributed by atoms with van der Waals surface area (Å²) in [7, 11) is 0. The molecule has 2 atom stereocenters. The fourth-order valence-corrected chi connectivity index (χ4v) is 3.20. The van der Waals surface area contributed by atoms with Crippen LogP contribution < -0.4 is 5.32 Å². The van der Waals surface area contributed by atoms with E-state index in [0.717, 1.165) is 6.54 Å². The van der Waals surface area contributed by atoms with Crippen LogP contribution in [0.5, 0.6) is 0 Å². The van der Waals surface area contributed by atoms with Crippen LogP contribution in [0.4, 0.5) is 0 Å². The predicted molar refractivity (Wildman–Crippen MR) is 73.5 cm³/mol. The van der Waals surface area contributed by atoms with Gasteiger partial charge in [-0.05, 0) is 57.6 Å². The van der Waals surface area contributed by atoms with Gasteiger partial charge in [0.2, 0.25) is 0 Å². The van der Waals surface area contributed by atoms with E-state index in [0.29, 0.717) is 12.0 Å². The van der Waals surface area contributed by atoms with Crippen LogP contribution in [0.3, 0.4) is 0 Å². The molecule has 16 heavy (non-hydrogen) atoms. The van der Waals surface area contributed by atoms with E-state index in [9.17, 15) is 0 Å². The van der Waals surface area contributed by atoms with Crippen LogP contribution in [0.25, 0.3) is 0 Å². The first kappa shape index (κ1) is 11.8. The summed E-state index contributed by atoms with van der Waals surface area (Å²) >= 11 is 3.54. The summed E-state index contributed by atoms with van der Waals surface area (Å²) in [6.07, 6.45) is 0. The van der Waals surface area contributed by atoms with Gasteiger partial charge in [0, 0.05) is 12.6 Å². The number of nitrogens with one attached hydrogen (secondary N) is 1. The van der Waals surface area contributed by atoms with Crippen molar-refractivity contribution in [3.63, 3.8) is 0 Å². The molecule has 3 heteroatoms. The van der Waals surface area contributed by atoms with Gasteiger partial charge in [-0.1, -0.05) is 6.92 Å². The van der Waals surface area contributed by atoms with Gasteiger partial charge in [0.15, 0.2) is 0 Å². The Labute approximate surface area is 105 Å². The SMILES string of the molecule is C[C@H](CN[C@@H](C)c1ccsc1)c1ccsc1. The average molecular weight is 251 g/mol. The van der Waals surface area contributed by atoms with Gasteiger partial charge < -0.3 is 5.32 Å². The fourth-order valence-electron chi connectivity index (χ4n) is 1.67. The summed E-state index contributed by atoms with van der Waals surface area (Å²) in [4.78, 5) is 0. The molecule has 0 radical (unpaired) electrons. The quantitative estimate of drug-likeness (QED) is 0.837. The van der Waals surface area contributed by atoms with Gasteiger partial charge in [-0.15, -0.1) is 0 Å². The van der Waals surface area contributed by atoms with Crippen molar-refractivity contribution in [2.75, 3.05) is 6.54 Å². The molecular formula is C13H17NS2. The Bertz CT molecular complexity index is 351. The fraction of sp³-hybridized carbons (Fsp3) is 0.385. The molecule has 0 aromatic carbocycles. The Morgan fingerprint density at radius 3 is 2.25 bits per heavy atom. The topological polar surface area (TPSA) is 12.0 Å². The van der Waals surface area contributed by atoms with Gasteiger partial charge in [-0.25, -0.2) is 0 Å². The molecular weight excluding hydrogens is 234 g/mol. The van der Waals surface area contributed by atoms with Crippen molar-refractivity contribution in [3.05, 3.63) is 44.8 Å². The van der Waals surface area contributed by atoms with Gasteiger partial charge in [0.1, 0.15) is 0 Å². The number of hydrogen-bond acceptors (Lipinski definition) is 3. The van der Waals surface area contributed by atoms with Crippen LogP contribution in [0.15, 0.2) is 33.7 Å². The molecule has 2 heterocycles. The maximum Gasteiger partial charge on any atom is 0.0300 e. The maximum absolute atomic E-state index is 3.58. The van der Waals surface area contributed by atoms with Crippen molar-refractivity contribution < 1.29 is 0 Å². The summed E-state index contributed by atoms with van der Waals surface area (Å²) in [5, 5.41) is 12.3. The van der Waals surface area contributed by atoms with Crippen molar-refractivity contribution in [1.29, 1.82) is 0 Å². The van der Waals surface area contributed by atoms with Crippen molar-refractivity contribution in [2.45, 2.75) is 25.8 Å². The van der Waals surface area contributed by atoms with Crippen LogP contribution in [-0.2, 0) is 0 Å². The highest BCUT2D eigenvalue weighted by molar-refractivity contribution is 7.08. The zero-order chi connectivity index (χ0) is 11.4. The highest BCUT2D eigenvalue weighted by atomic mass is 32.1. The van der Waals surface area contributed by atoms with E-state index in [1.54, 1.807) is 22.7 Å². The van der Waals surface area contributed by atoms with E-state index in [1.165, 1.54) is 11.1 Å². The smallest absolute Gasteiger partial charge is 0.0300 e. The Hall–Kier alpha value is -0.640. The molecule has 0 aliphatic heterocycles. The molecule has 0 saturated carbocycles. The highest BCUT2D eigenvalue weighted by Crippen LogP contribution is 2.20. The Kier molecular flexibility index (Phi) is 4.16. The van der Waals surface area contributed by atoms with Crippen LogP contribution in [0.1, 0.15) is 36.9 Å². The third-order valence-corrected chi connectivity index (χ3v) is 4.29. The summed E-state index contributed by atoms with van der Waals surface area (Å²) in [6.45, 7) is 5.53. The van der Waals surface area contributed by atoms with Crippen molar-refractivity contribution >= 4 is 22.7 Å². The van der Waals surface area contributed by atoms with Gasteiger partial charge >= 0.3 is 0 Å². The first-order valence-corrected chi connectivity index (χ1v) is 7.43. The predicted octanol–water partition coefficient (Wildman–Crippen LogP) is 4.26. The lowest BCUT2D eigenvalue weighted by molar-refractivity contribution is 0.539. The molecule has 1 N–H and O–H groups in total. The monoisotopic (exact) mass is 251 g/mol. The molecule has 0 unspecified atom stereocenters. The van der Waals surface area contributed by atoms with Gasteiger partial charge in [-0.3, -0.25) is 0 Å². The van der Waals surface area contributed by atoms with E-state index in [4.69, 9.17) is 0 Å². The molecule has 0 aliphatic rings. The minimum Gasteiger partial charge on any atom is -0.310 e. The largest absolute Gasteiger partial charge is 0.310 e. The zero-order valence-corrected chi connectivity index (χ0v) is 11.3. The summed E-state index contributed by atoms with van der Waals surface area (Å²) in [5.74, 6) is 0.590. The third kappa shape index (κ3) is 2.94. The zero-order valence-electron chi connectivity index (χ0n) is 9.64. The second-order valence-electron chi connectivity index (χ2n) is 4.14. The molecule has 0 amide bonds. The lowest BCUT2D eigenvalue weighted by Gasteiger charge is -2.16. The van der Waals surface area contributed by atoms with Gasteiger partial charge in [0.05, 0.1) is 0 Å². The summed E-state index contributed by atoms with van der Waals surface area (Å²) < 4.78 is 0. The second kappa shape index (κ2) is 5.62. The van der Waals surface area contributed by atoms with Crippen molar-refractivity contribution in [3.8, 4) is 0 Å². The molecule has 0 fully saturated rings. The van der Waals surface area contributed by atoms with Gasteiger partial charge in [-0.2, -0.15) is 22.7 Å². The number of hydrogen-bond donors (Lipinski definition) is 1. The van der Waals surface area contributed by atoms with E-state index >= 15 is 0 Å². The molecule has 86 valence electrons. The summed E-state index contributed by atoms with van der Waals surface area (Å²) in [6, 6.07) is 4.86. The highest BCUT2D eigenvalue weighted by Gasteiger charge is 2.09. The minimum absolute atomic E-state index is 0.451. The normalized spacial score (nSPS) is 14.9. The van der Waals surface area contributed by atoms with Crippen LogP contribution >= 0.6 is 22.7 Å². The Morgan fingerprint density at radius 2 is 1.69 bits per heavy atom. The van der Waals surface area contributed by atoms with Crippen molar-refractivity contribution in [2.24, 2.45) is 0 Å². The van der Waals surface area contributed by atoms with Crippen LogP contribution in [-0.4, -0.2) is 6.54 Å². The molecule has 0 saturated heterocycles. The first-order valence-electron chi connectivity index (χ1n) is 5.55. The summed E-state index contributed by atoms with van der Waals surface area (Å²) in [5.41, 5.74) is 2.83. The number of rotatable bonds is 5. The molecule has 2 aromatic heterocycles. The van der Waals surface area contributed by atoms with E-state index in [1.807, 2.05) is 0 Å². The van der Waals surface area contributed by atoms with Crippen molar-refractivity contribution in [1.82, 2.24) is 5.32 Å². The lowest BCUT2D eigenvalue weighted by Crippen LogP contribution is -2.23. The lowest BCUT2D eigenvalue weighted by atomic mass is 10.0. The molecule has 1 nitrogen and oxygen atoms in total. The Morgan fingerprint density at radius 1 is 1.06 bits per heavy atom. The average Bonchev–Trinajstić information content (AvgIpc) is 2.95. The molecule has 2 rings (SSSR count). The maximum atomic E-state index is 3.58. The second-order valence-corrected chi connectivity index (χ2v) is 5.70. The van der Waals surface area contributed by atoms with Crippen LogP contribution in [0, 0.1) is 0 Å². The van der Waals surface area contributed by atoms with E-state index in [2.05, 4.69) is 52.8 Å². The molecule has 2 aromatic rings. The molecule has 0 spiro atoms. The van der Waals surface area contributed by atoms with E-state index in [-0.39, 0.29) is 0 Å². The van der Waals surface area contributed by atoms with Crippen LogP contribution in [0.2, 0.25) is 0 Å². The van der Waals surface area contributed by atoms with E-state index < -0.39 is 0 Å².